The van der Waals surface area contributed by atoms with Crippen molar-refractivity contribution < 1.29 is 14.6 Å². The number of fused-ring (bicyclic) bond motifs is 2. The minimum absolute atomic E-state index is 0.0795. The summed E-state index contributed by atoms with van der Waals surface area (Å²) < 4.78 is 11.9. The first-order chi connectivity index (χ1) is 10.0. The molecular formula is C17H19NO3. The summed E-state index contributed by atoms with van der Waals surface area (Å²) in [6.07, 6.45) is 1.70. The first-order valence-electron chi connectivity index (χ1n) is 7.42. The molecule has 1 aliphatic heterocycles. The number of hydrogen-bond acceptors (Lipinski definition) is 4. The number of pyridine rings is 1. The van der Waals surface area contributed by atoms with E-state index in [1.165, 1.54) is 5.56 Å². The van der Waals surface area contributed by atoms with Crippen LogP contribution in [0.3, 0.4) is 0 Å². The average molecular weight is 285 g/mol. The number of benzene rings is 1. The minimum Gasteiger partial charge on any atom is -0.390 e. The molecule has 1 saturated carbocycles. The Labute approximate surface area is 123 Å². The SMILES string of the molecule is CC1(C)O[C@@H]2[C@H](O1)[C@@H](c1ccc3ncccc3c1)C[C@@H]2O. The summed E-state index contributed by atoms with van der Waals surface area (Å²) in [5.74, 6) is -0.454. The average Bonchev–Trinajstić information content (AvgIpc) is 2.93. The van der Waals surface area contributed by atoms with Crippen LogP contribution in [-0.2, 0) is 9.47 Å². The van der Waals surface area contributed by atoms with Gasteiger partial charge in [-0.1, -0.05) is 12.1 Å². The Morgan fingerprint density at radius 1 is 1.19 bits per heavy atom. The third-order valence-corrected chi connectivity index (χ3v) is 4.49. The van der Waals surface area contributed by atoms with Gasteiger partial charge in [0, 0.05) is 17.5 Å². The van der Waals surface area contributed by atoms with Crippen molar-refractivity contribution in [3.05, 3.63) is 42.1 Å². The second-order valence-corrected chi connectivity index (χ2v) is 6.43. The maximum absolute atomic E-state index is 10.3. The van der Waals surface area contributed by atoms with E-state index in [0.717, 1.165) is 10.9 Å². The summed E-state index contributed by atoms with van der Waals surface area (Å²) in [4.78, 5) is 4.35. The molecule has 1 saturated heterocycles. The largest absolute Gasteiger partial charge is 0.390 e. The third-order valence-electron chi connectivity index (χ3n) is 4.49. The highest BCUT2D eigenvalue weighted by Gasteiger charge is 2.53. The van der Waals surface area contributed by atoms with Gasteiger partial charge in [-0.15, -0.1) is 0 Å². The van der Waals surface area contributed by atoms with Crippen molar-refractivity contribution >= 4 is 10.9 Å². The zero-order chi connectivity index (χ0) is 14.6. The maximum Gasteiger partial charge on any atom is 0.163 e. The number of aliphatic hydroxyl groups excluding tert-OH is 1. The van der Waals surface area contributed by atoms with E-state index < -0.39 is 11.9 Å². The second-order valence-electron chi connectivity index (χ2n) is 6.43. The quantitative estimate of drug-likeness (QED) is 0.875. The predicted molar refractivity (Wildman–Crippen MR) is 78.9 cm³/mol. The Balaban J connectivity index is 1.71. The van der Waals surface area contributed by atoms with Gasteiger partial charge in [-0.05, 0) is 44.0 Å². The topological polar surface area (TPSA) is 51.6 Å². The van der Waals surface area contributed by atoms with Gasteiger partial charge in [-0.3, -0.25) is 4.98 Å². The van der Waals surface area contributed by atoms with Gasteiger partial charge in [0.1, 0.15) is 6.10 Å². The van der Waals surface area contributed by atoms with Gasteiger partial charge in [-0.2, -0.15) is 0 Å². The lowest BCUT2D eigenvalue weighted by Crippen LogP contribution is -2.28. The van der Waals surface area contributed by atoms with Crippen LogP contribution < -0.4 is 0 Å². The number of ether oxygens (including phenoxy) is 2. The first kappa shape index (κ1) is 13.2. The van der Waals surface area contributed by atoms with Gasteiger partial charge < -0.3 is 14.6 Å². The predicted octanol–water partition coefficient (Wildman–Crippen LogP) is 2.60. The van der Waals surface area contributed by atoms with Crippen molar-refractivity contribution in [1.29, 1.82) is 0 Å². The molecule has 2 aliphatic rings. The molecule has 4 rings (SSSR count). The van der Waals surface area contributed by atoms with Gasteiger partial charge in [0.25, 0.3) is 0 Å². The molecule has 1 aromatic heterocycles. The molecule has 1 aromatic carbocycles. The Hall–Kier alpha value is -1.49. The van der Waals surface area contributed by atoms with Crippen molar-refractivity contribution in [2.24, 2.45) is 0 Å². The molecular weight excluding hydrogens is 266 g/mol. The number of hydrogen-bond donors (Lipinski definition) is 1. The van der Waals surface area contributed by atoms with Crippen molar-refractivity contribution in [1.82, 2.24) is 4.98 Å². The van der Waals surface area contributed by atoms with Gasteiger partial charge in [-0.25, -0.2) is 0 Å². The molecule has 4 atom stereocenters. The molecule has 0 radical (unpaired) electrons. The zero-order valence-electron chi connectivity index (χ0n) is 12.2. The molecule has 21 heavy (non-hydrogen) atoms. The molecule has 1 aliphatic carbocycles. The van der Waals surface area contributed by atoms with E-state index in [9.17, 15) is 5.11 Å². The van der Waals surface area contributed by atoms with Crippen LogP contribution in [0.2, 0.25) is 0 Å². The lowest BCUT2D eigenvalue weighted by molar-refractivity contribution is -0.163. The molecule has 2 fully saturated rings. The van der Waals surface area contributed by atoms with Crippen LogP contribution in [0.4, 0.5) is 0 Å². The molecule has 0 spiro atoms. The molecule has 2 heterocycles. The Kier molecular flexibility index (Phi) is 2.83. The zero-order valence-corrected chi connectivity index (χ0v) is 12.2. The van der Waals surface area contributed by atoms with Crippen LogP contribution in [0.15, 0.2) is 36.5 Å². The number of aliphatic hydroxyl groups is 1. The molecule has 0 bridgehead atoms. The summed E-state index contributed by atoms with van der Waals surface area (Å²) >= 11 is 0. The molecule has 4 nitrogen and oxygen atoms in total. The van der Waals surface area contributed by atoms with Crippen LogP contribution in [0.25, 0.3) is 10.9 Å². The van der Waals surface area contributed by atoms with Crippen LogP contribution in [0, 0.1) is 0 Å². The Bertz CT molecular complexity index is 685. The van der Waals surface area contributed by atoms with Crippen molar-refractivity contribution in [3.63, 3.8) is 0 Å². The van der Waals surface area contributed by atoms with Crippen LogP contribution in [0.5, 0.6) is 0 Å². The lowest BCUT2D eigenvalue weighted by atomic mass is 9.94. The number of aromatic nitrogens is 1. The van der Waals surface area contributed by atoms with E-state index in [0.29, 0.717) is 6.42 Å². The van der Waals surface area contributed by atoms with E-state index in [1.54, 1.807) is 6.20 Å². The highest BCUT2D eigenvalue weighted by atomic mass is 16.8. The molecule has 0 unspecified atom stereocenters. The fourth-order valence-electron chi connectivity index (χ4n) is 3.60. The molecule has 110 valence electrons. The standard InChI is InChI=1S/C17H19NO3/c1-17(2)20-15-12(9-14(19)16(15)21-17)10-5-6-13-11(8-10)4-3-7-18-13/h3-8,12,14-16,19H,9H2,1-2H3/t12-,14+,15-,16+/m1/s1. The second kappa shape index (κ2) is 4.50. The summed E-state index contributed by atoms with van der Waals surface area (Å²) in [7, 11) is 0. The highest BCUT2D eigenvalue weighted by Crippen LogP contribution is 2.46. The van der Waals surface area contributed by atoms with E-state index in [2.05, 4.69) is 23.2 Å². The lowest BCUT2D eigenvalue weighted by Gasteiger charge is -2.22. The van der Waals surface area contributed by atoms with E-state index in [-0.39, 0.29) is 18.1 Å². The van der Waals surface area contributed by atoms with E-state index >= 15 is 0 Å². The number of nitrogens with zero attached hydrogens (tertiary/aromatic N) is 1. The Morgan fingerprint density at radius 2 is 2.00 bits per heavy atom. The minimum atomic E-state index is -0.618. The molecule has 0 amide bonds. The van der Waals surface area contributed by atoms with Gasteiger partial charge in [0.2, 0.25) is 0 Å². The number of rotatable bonds is 1. The van der Waals surface area contributed by atoms with Gasteiger partial charge in [0.15, 0.2) is 5.79 Å². The van der Waals surface area contributed by atoms with Gasteiger partial charge in [0.05, 0.1) is 17.7 Å². The summed E-state index contributed by atoms with van der Waals surface area (Å²) in [6.45, 7) is 3.80. The third kappa shape index (κ3) is 2.14. The summed E-state index contributed by atoms with van der Waals surface area (Å²) in [5.41, 5.74) is 2.17. The normalized spacial score (nSPS) is 34.2. The van der Waals surface area contributed by atoms with Crippen molar-refractivity contribution in [3.8, 4) is 0 Å². The fourth-order valence-corrected chi connectivity index (χ4v) is 3.60. The van der Waals surface area contributed by atoms with Crippen molar-refractivity contribution in [2.75, 3.05) is 0 Å². The molecule has 1 N–H and O–H groups in total. The van der Waals surface area contributed by atoms with E-state index in [4.69, 9.17) is 9.47 Å². The van der Waals surface area contributed by atoms with Crippen LogP contribution in [-0.4, -0.2) is 34.2 Å². The monoisotopic (exact) mass is 285 g/mol. The van der Waals surface area contributed by atoms with Crippen LogP contribution in [0.1, 0.15) is 31.7 Å². The summed E-state index contributed by atoms with van der Waals surface area (Å²) in [6, 6.07) is 10.3. The molecule has 4 heteroatoms. The van der Waals surface area contributed by atoms with E-state index in [1.807, 2.05) is 26.0 Å². The highest BCUT2D eigenvalue weighted by molar-refractivity contribution is 5.79. The van der Waals surface area contributed by atoms with Crippen molar-refractivity contribution in [2.45, 2.75) is 50.3 Å². The molecule has 2 aromatic rings. The first-order valence-corrected chi connectivity index (χ1v) is 7.42. The van der Waals surface area contributed by atoms with Gasteiger partial charge >= 0.3 is 0 Å². The fraction of sp³-hybridized carbons (Fsp3) is 0.471. The Morgan fingerprint density at radius 3 is 2.86 bits per heavy atom. The summed E-state index contributed by atoms with van der Waals surface area (Å²) in [5, 5.41) is 11.4. The van der Waals surface area contributed by atoms with Crippen LogP contribution >= 0.6 is 0 Å². The maximum atomic E-state index is 10.3. The smallest absolute Gasteiger partial charge is 0.163 e.